The van der Waals surface area contributed by atoms with Crippen molar-refractivity contribution in [1.29, 1.82) is 0 Å². The van der Waals surface area contributed by atoms with Gasteiger partial charge in [-0.1, -0.05) is 72.2 Å². The molecule has 1 saturated heterocycles. The fourth-order valence-corrected chi connectivity index (χ4v) is 4.40. The van der Waals surface area contributed by atoms with Crippen LogP contribution in [0.15, 0.2) is 29.8 Å². The molecular weight excluding hydrogens is 434 g/mol. The van der Waals surface area contributed by atoms with Crippen molar-refractivity contribution in [1.82, 2.24) is 15.2 Å². The van der Waals surface area contributed by atoms with E-state index in [1.165, 1.54) is 6.42 Å². The number of aromatic nitrogens is 1. The van der Waals surface area contributed by atoms with Crippen LogP contribution in [0.25, 0.3) is 10.4 Å². The zero-order valence-electron chi connectivity index (χ0n) is 21.0. The summed E-state index contributed by atoms with van der Waals surface area (Å²) in [5.74, 6) is -0.535. The second kappa shape index (κ2) is 11.7. The number of β-amino-alcohol motifs (C(OH)–C–C–N with tert-alkyl or cyclic N) is 1. The SMILES string of the molecule is CCC.Cc1ncsc1-c1ccc(CNC(=O)[C@@H]2C[C@@H](O)CN2C(=O)C(C)C(C)(C)C)cc1. The number of aliphatic hydroxyl groups excluding tert-OH is 1. The Labute approximate surface area is 202 Å². The Morgan fingerprint density at radius 2 is 1.85 bits per heavy atom. The van der Waals surface area contributed by atoms with E-state index in [0.29, 0.717) is 6.54 Å². The van der Waals surface area contributed by atoms with E-state index in [4.69, 9.17) is 0 Å². The fraction of sp³-hybridized carbons (Fsp3) is 0.577. The Balaban J connectivity index is 0.00000122. The Bertz CT molecular complexity index is 918. The quantitative estimate of drug-likeness (QED) is 0.654. The maximum absolute atomic E-state index is 12.9. The number of aliphatic hydroxyl groups is 1. The lowest BCUT2D eigenvalue weighted by Crippen LogP contribution is -2.49. The number of benzene rings is 1. The standard InChI is InChI=1S/C23H31N3O3S.C3H8/c1-14(23(3,4)5)22(29)26-12-18(27)10-19(26)21(28)24-11-16-6-8-17(9-7-16)20-15(2)25-13-30-20;1-3-2/h6-9,13-14,18-19,27H,10-12H2,1-5H3,(H,24,28);3H2,1-2H3/t14?,18-,19+;/m1./s1. The predicted octanol–water partition coefficient (Wildman–Crippen LogP) is 4.80. The zero-order chi connectivity index (χ0) is 24.8. The molecule has 0 spiro atoms. The predicted molar refractivity (Wildman–Crippen MR) is 135 cm³/mol. The Hall–Kier alpha value is -2.25. The van der Waals surface area contributed by atoms with Gasteiger partial charge in [-0.25, -0.2) is 4.98 Å². The average molecular weight is 474 g/mol. The Morgan fingerprint density at radius 3 is 2.36 bits per heavy atom. The van der Waals surface area contributed by atoms with E-state index >= 15 is 0 Å². The number of likely N-dealkylation sites (tertiary alicyclic amines) is 1. The van der Waals surface area contributed by atoms with Crippen molar-refractivity contribution in [3.63, 3.8) is 0 Å². The molecule has 0 radical (unpaired) electrons. The van der Waals surface area contributed by atoms with Gasteiger partial charge in [-0.15, -0.1) is 11.3 Å². The third kappa shape index (κ3) is 7.11. The van der Waals surface area contributed by atoms with E-state index in [2.05, 4.69) is 24.1 Å². The van der Waals surface area contributed by atoms with Gasteiger partial charge in [0, 0.05) is 25.4 Å². The molecule has 0 bridgehead atoms. The zero-order valence-corrected chi connectivity index (χ0v) is 21.8. The summed E-state index contributed by atoms with van der Waals surface area (Å²) in [5, 5.41) is 13.0. The molecule has 0 saturated carbocycles. The van der Waals surface area contributed by atoms with Crippen LogP contribution < -0.4 is 5.32 Å². The highest BCUT2D eigenvalue weighted by atomic mass is 32.1. The van der Waals surface area contributed by atoms with Crippen LogP contribution in [0, 0.1) is 18.3 Å². The van der Waals surface area contributed by atoms with Gasteiger partial charge in [-0.2, -0.15) is 0 Å². The molecule has 1 unspecified atom stereocenters. The van der Waals surface area contributed by atoms with Gasteiger partial charge in [0.05, 0.1) is 22.2 Å². The second-order valence-electron chi connectivity index (χ2n) is 9.87. The van der Waals surface area contributed by atoms with Crippen molar-refractivity contribution in [3.05, 3.63) is 41.0 Å². The van der Waals surface area contributed by atoms with Gasteiger partial charge in [0.1, 0.15) is 6.04 Å². The first-order valence-corrected chi connectivity index (χ1v) is 12.6. The van der Waals surface area contributed by atoms with Crippen molar-refractivity contribution in [2.75, 3.05) is 6.54 Å². The lowest BCUT2D eigenvalue weighted by molar-refractivity contribution is -0.144. The molecule has 3 atom stereocenters. The molecule has 1 aliphatic rings. The number of hydrogen-bond donors (Lipinski definition) is 2. The molecule has 2 amide bonds. The number of aryl methyl sites for hydroxylation is 1. The van der Waals surface area contributed by atoms with E-state index in [-0.39, 0.29) is 36.1 Å². The van der Waals surface area contributed by atoms with Crippen molar-refractivity contribution < 1.29 is 14.7 Å². The van der Waals surface area contributed by atoms with Crippen LogP contribution in [-0.2, 0) is 16.1 Å². The summed E-state index contributed by atoms with van der Waals surface area (Å²) in [7, 11) is 0. The van der Waals surface area contributed by atoms with Gasteiger partial charge in [0.2, 0.25) is 11.8 Å². The molecule has 182 valence electrons. The van der Waals surface area contributed by atoms with Crippen molar-refractivity contribution in [3.8, 4) is 10.4 Å². The molecule has 1 aromatic heterocycles. The highest BCUT2D eigenvalue weighted by Crippen LogP contribution is 2.30. The molecule has 7 heteroatoms. The largest absolute Gasteiger partial charge is 0.391 e. The molecule has 6 nitrogen and oxygen atoms in total. The average Bonchev–Trinajstić information content (AvgIpc) is 3.36. The van der Waals surface area contributed by atoms with Gasteiger partial charge in [-0.3, -0.25) is 9.59 Å². The summed E-state index contributed by atoms with van der Waals surface area (Å²) in [6.07, 6.45) is 0.858. The third-order valence-corrected chi connectivity index (χ3v) is 6.94. The lowest BCUT2D eigenvalue weighted by Gasteiger charge is -2.32. The molecular formula is C26H39N3O3S. The van der Waals surface area contributed by atoms with Gasteiger partial charge < -0.3 is 15.3 Å². The minimum atomic E-state index is -0.668. The smallest absolute Gasteiger partial charge is 0.243 e. The van der Waals surface area contributed by atoms with Crippen LogP contribution in [0.4, 0.5) is 0 Å². The fourth-order valence-electron chi connectivity index (χ4n) is 3.58. The summed E-state index contributed by atoms with van der Waals surface area (Å²) in [6.45, 7) is 14.7. The van der Waals surface area contributed by atoms with Crippen LogP contribution in [0.5, 0.6) is 0 Å². The maximum atomic E-state index is 12.9. The first kappa shape index (κ1) is 27.0. The van der Waals surface area contributed by atoms with Crippen LogP contribution >= 0.6 is 11.3 Å². The lowest BCUT2D eigenvalue weighted by atomic mass is 9.81. The molecule has 1 aliphatic heterocycles. The van der Waals surface area contributed by atoms with Crippen LogP contribution in [0.2, 0.25) is 0 Å². The maximum Gasteiger partial charge on any atom is 0.243 e. The number of nitrogens with zero attached hydrogens (tertiary/aromatic N) is 2. The van der Waals surface area contributed by atoms with Crippen LogP contribution in [0.1, 0.15) is 65.6 Å². The summed E-state index contributed by atoms with van der Waals surface area (Å²) in [4.78, 5) is 32.7. The number of carbonyl (C=O) groups is 2. The van der Waals surface area contributed by atoms with Crippen molar-refractivity contribution in [2.45, 2.75) is 80.0 Å². The summed E-state index contributed by atoms with van der Waals surface area (Å²) in [6, 6.07) is 7.41. The van der Waals surface area contributed by atoms with Crippen LogP contribution in [-0.4, -0.2) is 45.5 Å². The van der Waals surface area contributed by atoms with Gasteiger partial charge >= 0.3 is 0 Å². The molecule has 2 aromatic rings. The molecule has 1 aromatic carbocycles. The third-order valence-electron chi connectivity index (χ3n) is 5.96. The van der Waals surface area contributed by atoms with Gasteiger partial charge in [-0.05, 0) is 23.5 Å². The number of rotatable bonds is 5. The Kier molecular flexibility index (Phi) is 9.61. The summed E-state index contributed by atoms with van der Waals surface area (Å²) in [5.41, 5.74) is 4.73. The van der Waals surface area contributed by atoms with Gasteiger partial charge in [0.15, 0.2) is 0 Å². The summed E-state index contributed by atoms with van der Waals surface area (Å²) < 4.78 is 0. The number of thiazole rings is 1. The molecule has 1 fully saturated rings. The van der Waals surface area contributed by atoms with E-state index in [1.807, 2.05) is 64.4 Å². The molecule has 2 N–H and O–H groups in total. The normalized spacial score (nSPS) is 19.0. The van der Waals surface area contributed by atoms with Crippen LogP contribution in [0.3, 0.4) is 0 Å². The topological polar surface area (TPSA) is 82.5 Å². The van der Waals surface area contributed by atoms with E-state index in [9.17, 15) is 14.7 Å². The van der Waals surface area contributed by atoms with E-state index < -0.39 is 12.1 Å². The van der Waals surface area contributed by atoms with E-state index in [1.54, 1.807) is 16.2 Å². The number of hydrogen-bond acceptors (Lipinski definition) is 5. The minimum Gasteiger partial charge on any atom is -0.391 e. The first-order valence-electron chi connectivity index (χ1n) is 11.7. The second-order valence-corrected chi connectivity index (χ2v) is 10.7. The number of amides is 2. The highest BCUT2D eigenvalue weighted by molar-refractivity contribution is 7.13. The number of nitrogens with one attached hydrogen (secondary N) is 1. The van der Waals surface area contributed by atoms with Crippen molar-refractivity contribution >= 4 is 23.2 Å². The highest BCUT2D eigenvalue weighted by Gasteiger charge is 2.42. The Morgan fingerprint density at radius 1 is 1.24 bits per heavy atom. The monoisotopic (exact) mass is 473 g/mol. The van der Waals surface area contributed by atoms with Crippen molar-refractivity contribution in [2.24, 2.45) is 11.3 Å². The molecule has 33 heavy (non-hydrogen) atoms. The summed E-state index contributed by atoms with van der Waals surface area (Å²) >= 11 is 1.61. The number of carbonyl (C=O) groups excluding carboxylic acids is 2. The first-order chi connectivity index (χ1) is 15.5. The molecule has 0 aliphatic carbocycles. The molecule has 2 heterocycles. The minimum absolute atomic E-state index is 0.0801. The molecule has 3 rings (SSSR count). The van der Waals surface area contributed by atoms with E-state index in [0.717, 1.165) is 21.7 Å². The van der Waals surface area contributed by atoms with Gasteiger partial charge in [0.25, 0.3) is 0 Å².